The van der Waals surface area contributed by atoms with E-state index in [1.165, 1.54) is 6.20 Å². The number of hydrogen-bond acceptors (Lipinski definition) is 5. The Morgan fingerprint density at radius 2 is 1.92 bits per heavy atom. The monoisotopic (exact) mass is 386 g/mol. The number of nitrogens with one attached hydrogen (secondary N) is 1. The number of aromatic nitrogens is 3. The van der Waals surface area contributed by atoms with E-state index in [0.29, 0.717) is 11.5 Å². The maximum atomic E-state index is 12.3. The molecule has 24 heavy (non-hydrogen) atoms. The van der Waals surface area contributed by atoms with Crippen LogP contribution in [0.25, 0.3) is 5.69 Å². The van der Waals surface area contributed by atoms with Gasteiger partial charge in [-0.15, -0.1) is 0 Å². The molecule has 1 aromatic carbocycles. The van der Waals surface area contributed by atoms with Crippen LogP contribution in [0.15, 0.2) is 64.0 Å². The van der Waals surface area contributed by atoms with Crippen molar-refractivity contribution >= 4 is 27.7 Å². The van der Waals surface area contributed by atoms with E-state index in [1.54, 1.807) is 42.5 Å². The van der Waals surface area contributed by atoms with Crippen LogP contribution in [0.4, 0.5) is 5.82 Å². The Labute approximate surface area is 144 Å². The van der Waals surface area contributed by atoms with Crippen LogP contribution in [0, 0.1) is 0 Å². The first kappa shape index (κ1) is 15.9. The summed E-state index contributed by atoms with van der Waals surface area (Å²) < 4.78 is 1.88. The summed E-state index contributed by atoms with van der Waals surface area (Å²) in [6.45, 7) is 0. The summed E-state index contributed by atoms with van der Waals surface area (Å²) in [4.78, 5) is 28.3. The van der Waals surface area contributed by atoms with Gasteiger partial charge < -0.3 is 10.4 Å². The fourth-order valence-corrected chi connectivity index (χ4v) is 2.25. The van der Waals surface area contributed by atoms with Gasteiger partial charge in [0.05, 0.1) is 5.69 Å². The van der Waals surface area contributed by atoms with Crippen molar-refractivity contribution in [1.29, 1.82) is 0 Å². The molecule has 0 unspecified atom stereocenters. The van der Waals surface area contributed by atoms with Crippen molar-refractivity contribution in [3.8, 4) is 11.4 Å². The van der Waals surface area contributed by atoms with Gasteiger partial charge in [0.2, 0.25) is 0 Å². The third-order valence-electron chi connectivity index (χ3n) is 3.10. The summed E-state index contributed by atoms with van der Waals surface area (Å²) in [7, 11) is 0. The second-order valence-corrected chi connectivity index (χ2v) is 5.69. The predicted octanol–water partition coefficient (Wildman–Crippen LogP) is 2.35. The molecule has 2 N–H and O–H groups in total. The number of carbonyl (C=O) groups is 1. The molecule has 0 fully saturated rings. The van der Waals surface area contributed by atoms with Crippen LogP contribution < -0.4 is 10.9 Å². The van der Waals surface area contributed by atoms with Crippen LogP contribution in [0.3, 0.4) is 0 Å². The largest absolute Gasteiger partial charge is 0.505 e. The highest BCUT2D eigenvalue weighted by atomic mass is 79.9. The lowest BCUT2D eigenvalue weighted by Gasteiger charge is -2.09. The molecule has 0 saturated heterocycles. The molecule has 0 aliphatic carbocycles. The quantitative estimate of drug-likeness (QED) is 0.719. The van der Waals surface area contributed by atoms with E-state index in [0.717, 1.165) is 15.2 Å². The van der Waals surface area contributed by atoms with Crippen molar-refractivity contribution < 1.29 is 9.90 Å². The summed E-state index contributed by atoms with van der Waals surface area (Å²) in [5.74, 6) is -0.857. The van der Waals surface area contributed by atoms with Crippen LogP contribution in [-0.4, -0.2) is 25.8 Å². The summed E-state index contributed by atoms with van der Waals surface area (Å²) in [5, 5.41) is 16.4. The van der Waals surface area contributed by atoms with Crippen LogP contribution in [0.5, 0.6) is 5.75 Å². The fourth-order valence-electron chi connectivity index (χ4n) is 1.99. The Morgan fingerprint density at radius 1 is 1.17 bits per heavy atom. The first-order chi connectivity index (χ1) is 11.5. The van der Waals surface area contributed by atoms with Crippen LogP contribution in [0.2, 0.25) is 0 Å². The van der Waals surface area contributed by atoms with E-state index in [1.807, 2.05) is 0 Å². The molecular weight excluding hydrogens is 376 g/mol. The summed E-state index contributed by atoms with van der Waals surface area (Å²) >= 11 is 3.30. The average Bonchev–Trinajstić information content (AvgIpc) is 2.57. The van der Waals surface area contributed by atoms with E-state index in [9.17, 15) is 14.7 Å². The minimum Gasteiger partial charge on any atom is -0.505 e. The molecule has 0 radical (unpaired) electrons. The molecule has 3 rings (SSSR count). The van der Waals surface area contributed by atoms with Gasteiger partial charge in [0.25, 0.3) is 11.5 Å². The van der Waals surface area contributed by atoms with E-state index in [-0.39, 0.29) is 5.69 Å². The second-order valence-electron chi connectivity index (χ2n) is 4.77. The molecule has 2 heterocycles. The van der Waals surface area contributed by atoms with E-state index < -0.39 is 17.2 Å². The molecular formula is C16H11BrN4O3. The fraction of sp³-hybridized carbons (Fsp3) is 0. The topological polar surface area (TPSA) is 97.1 Å². The van der Waals surface area contributed by atoms with Gasteiger partial charge in [-0.1, -0.05) is 22.0 Å². The van der Waals surface area contributed by atoms with Crippen molar-refractivity contribution in [3.05, 3.63) is 75.2 Å². The Kier molecular flexibility index (Phi) is 4.39. The number of pyridine rings is 1. The Bertz CT molecular complexity index is 940. The van der Waals surface area contributed by atoms with Gasteiger partial charge in [-0.2, -0.15) is 9.78 Å². The molecule has 0 aliphatic rings. The number of benzene rings is 1. The van der Waals surface area contributed by atoms with Crippen LogP contribution in [0.1, 0.15) is 10.5 Å². The maximum Gasteiger partial charge on any atom is 0.281 e. The summed E-state index contributed by atoms with van der Waals surface area (Å²) in [5.41, 5.74) is -0.359. The normalized spacial score (nSPS) is 10.4. The van der Waals surface area contributed by atoms with Crippen molar-refractivity contribution in [2.24, 2.45) is 0 Å². The number of aromatic hydroxyl groups is 1. The molecule has 1 amide bonds. The Balaban J connectivity index is 1.99. The summed E-state index contributed by atoms with van der Waals surface area (Å²) in [6, 6.07) is 12.8. The predicted molar refractivity (Wildman–Crippen MR) is 91.4 cm³/mol. The Morgan fingerprint density at radius 3 is 2.58 bits per heavy atom. The smallest absolute Gasteiger partial charge is 0.281 e. The van der Waals surface area contributed by atoms with Crippen LogP contribution in [-0.2, 0) is 0 Å². The first-order valence-electron chi connectivity index (χ1n) is 6.86. The molecule has 0 aliphatic heterocycles. The van der Waals surface area contributed by atoms with Gasteiger partial charge in [-0.25, -0.2) is 4.98 Å². The zero-order valence-electron chi connectivity index (χ0n) is 12.2. The van der Waals surface area contributed by atoms with Crippen LogP contribution >= 0.6 is 15.9 Å². The van der Waals surface area contributed by atoms with Crippen molar-refractivity contribution in [2.45, 2.75) is 0 Å². The standard InChI is InChI=1S/C16H11BrN4O3/c17-10-4-6-11(7-5-10)21-14(23)9-12(22)15(20-21)16(24)19-13-3-1-2-8-18-13/h1-9,22H,(H,18,19,24). The van der Waals surface area contributed by atoms with Gasteiger partial charge in [0.15, 0.2) is 11.4 Å². The lowest BCUT2D eigenvalue weighted by molar-refractivity contribution is 0.101. The second kappa shape index (κ2) is 6.63. The maximum absolute atomic E-state index is 12.3. The number of anilines is 1. The highest BCUT2D eigenvalue weighted by Gasteiger charge is 2.17. The lowest BCUT2D eigenvalue weighted by atomic mass is 10.3. The zero-order valence-corrected chi connectivity index (χ0v) is 13.8. The number of nitrogens with zero attached hydrogens (tertiary/aromatic N) is 3. The molecule has 120 valence electrons. The lowest BCUT2D eigenvalue weighted by Crippen LogP contribution is -2.25. The third-order valence-corrected chi connectivity index (χ3v) is 3.63. The van der Waals surface area contributed by atoms with Crippen molar-refractivity contribution in [2.75, 3.05) is 5.32 Å². The number of halogens is 1. The molecule has 0 atom stereocenters. The zero-order chi connectivity index (χ0) is 17.1. The molecule has 0 saturated carbocycles. The Hall–Kier alpha value is -3.00. The van der Waals surface area contributed by atoms with Gasteiger partial charge in [-0.05, 0) is 36.4 Å². The molecule has 3 aromatic rings. The minimum absolute atomic E-state index is 0.275. The van der Waals surface area contributed by atoms with Gasteiger partial charge in [0.1, 0.15) is 5.82 Å². The molecule has 0 bridgehead atoms. The first-order valence-corrected chi connectivity index (χ1v) is 7.65. The SMILES string of the molecule is O=C(Nc1ccccn1)c1nn(-c2ccc(Br)cc2)c(=O)cc1O. The third kappa shape index (κ3) is 3.33. The number of rotatable bonds is 3. The van der Waals surface area contributed by atoms with Gasteiger partial charge in [-0.3, -0.25) is 9.59 Å². The number of hydrogen-bond donors (Lipinski definition) is 2. The molecule has 7 nitrogen and oxygen atoms in total. The van der Waals surface area contributed by atoms with E-state index in [4.69, 9.17) is 0 Å². The highest BCUT2D eigenvalue weighted by molar-refractivity contribution is 9.10. The molecule has 8 heteroatoms. The van der Waals surface area contributed by atoms with Gasteiger partial charge >= 0.3 is 0 Å². The van der Waals surface area contributed by atoms with Crippen molar-refractivity contribution in [3.63, 3.8) is 0 Å². The molecule has 2 aromatic heterocycles. The summed E-state index contributed by atoms with van der Waals surface area (Å²) in [6.07, 6.45) is 1.52. The van der Waals surface area contributed by atoms with E-state index >= 15 is 0 Å². The number of amides is 1. The molecule has 0 spiro atoms. The van der Waals surface area contributed by atoms with Crippen molar-refractivity contribution in [1.82, 2.24) is 14.8 Å². The van der Waals surface area contributed by atoms with E-state index in [2.05, 4.69) is 31.3 Å². The average molecular weight is 387 g/mol. The van der Waals surface area contributed by atoms with Gasteiger partial charge in [0, 0.05) is 16.7 Å². The minimum atomic E-state index is -0.669. The highest BCUT2D eigenvalue weighted by Crippen LogP contribution is 2.16. The number of carbonyl (C=O) groups excluding carboxylic acids is 1.